The second kappa shape index (κ2) is 7.73. The molecule has 1 N–H and O–H groups in total. The van der Waals surface area contributed by atoms with Crippen molar-refractivity contribution < 1.29 is 14.4 Å². The van der Waals surface area contributed by atoms with E-state index in [0.717, 1.165) is 49.7 Å². The van der Waals surface area contributed by atoms with Crippen molar-refractivity contribution in [3.05, 3.63) is 24.3 Å². The summed E-state index contributed by atoms with van der Waals surface area (Å²) in [6.07, 6.45) is 4.59. The third-order valence-electron chi connectivity index (χ3n) is 5.85. The Kier molecular flexibility index (Phi) is 5.15. The van der Waals surface area contributed by atoms with E-state index in [1.165, 1.54) is 4.90 Å². The molecule has 2 atom stereocenters. The molecule has 148 valence electrons. The fourth-order valence-electron chi connectivity index (χ4n) is 4.47. The van der Waals surface area contributed by atoms with Crippen molar-refractivity contribution in [3.8, 4) is 0 Å². The molecule has 28 heavy (non-hydrogen) atoms. The van der Waals surface area contributed by atoms with Crippen LogP contribution in [-0.2, 0) is 20.9 Å². The summed E-state index contributed by atoms with van der Waals surface area (Å²) >= 11 is 0. The Hall–Kier alpha value is -2.70. The van der Waals surface area contributed by atoms with Crippen LogP contribution in [0.5, 0.6) is 0 Å². The van der Waals surface area contributed by atoms with Crippen LogP contribution >= 0.6 is 0 Å². The number of amides is 3. The quantitative estimate of drug-likeness (QED) is 0.779. The summed E-state index contributed by atoms with van der Waals surface area (Å²) in [7, 11) is 0. The minimum absolute atomic E-state index is 0.0895. The van der Waals surface area contributed by atoms with E-state index in [-0.39, 0.29) is 42.5 Å². The van der Waals surface area contributed by atoms with Gasteiger partial charge in [0.25, 0.3) is 0 Å². The smallest absolute Gasteiger partial charge is 0.233 e. The molecule has 1 aliphatic carbocycles. The van der Waals surface area contributed by atoms with Gasteiger partial charge in [-0.25, -0.2) is 4.98 Å². The average Bonchev–Trinajstić information content (AvgIpc) is 3.16. The Morgan fingerprint density at radius 2 is 1.79 bits per heavy atom. The number of hydrogen-bond donors (Lipinski definition) is 1. The number of fused-ring (bicyclic) bond motifs is 2. The Morgan fingerprint density at radius 3 is 2.46 bits per heavy atom. The van der Waals surface area contributed by atoms with Gasteiger partial charge in [0.2, 0.25) is 23.7 Å². The lowest BCUT2D eigenvalue weighted by atomic mass is 9.81. The summed E-state index contributed by atoms with van der Waals surface area (Å²) < 4.78 is 1.99. The molecule has 2 aliphatic rings. The molecule has 4 rings (SSSR count). The van der Waals surface area contributed by atoms with Crippen molar-refractivity contribution in [2.75, 3.05) is 11.9 Å². The third-order valence-corrected chi connectivity index (χ3v) is 5.85. The topological polar surface area (TPSA) is 84.3 Å². The Bertz CT molecular complexity index is 896. The lowest BCUT2D eigenvalue weighted by Crippen LogP contribution is -2.34. The molecule has 2 aromatic rings. The SMILES string of the molecule is CCCn1c(NC(=O)CCN2C(=O)C3CCCCC3C2=O)nc2ccccc21. The summed E-state index contributed by atoms with van der Waals surface area (Å²) in [4.78, 5) is 43.4. The molecule has 0 spiro atoms. The highest BCUT2D eigenvalue weighted by Gasteiger charge is 2.47. The van der Waals surface area contributed by atoms with Crippen molar-refractivity contribution in [2.24, 2.45) is 11.8 Å². The molecule has 0 bridgehead atoms. The number of aromatic nitrogens is 2. The first-order chi connectivity index (χ1) is 13.6. The van der Waals surface area contributed by atoms with Gasteiger partial charge in [-0.1, -0.05) is 31.9 Å². The molecule has 1 saturated heterocycles. The molecule has 2 heterocycles. The van der Waals surface area contributed by atoms with E-state index in [2.05, 4.69) is 17.2 Å². The minimum Gasteiger partial charge on any atom is -0.310 e. The number of aryl methyl sites for hydroxylation is 1. The zero-order valence-corrected chi connectivity index (χ0v) is 16.2. The summed E-state index contributed by atoms with van der Waals surface area (Å²) in [5.41, 5.74) is 1.81. The van der Waals surface area contributed by atoms with E-state index in [9.17, 15) is 14.4 Å². The van der Waals surface area contributed by atoms with E-state index >= 15 is 0 Å². The largest absolute Gasteiger partial charge is 0.310 e. The van der Waals surface area contributed by atoms with Crippen molar-refractivity contribution in [1.82, 2.24) is 14.5 Å². The number of para-hydroxylation sites is 2. The van der Waals surface area contributed by atoms with Gasteiger partial charge in [-0.15, -0.1) is 0 Å². The second-order valence-corrected chi connectivity index (χ2v) is 7.70. The first-order valence-electron chi connectivity index (χ1n) is 10.2. The number of rotatable bonds is 6. The second-order valence-electron chi connectivity index (χ2n) is 7.70. The number of hydrogen-bond acceptors (Lipinski definition) is 4. The van der Waals surface area contributed by atoms with Crippen LogP contribution < -0.4 is 5.32 Å². The number of nitrogens with one attached hydrogen (secondary N) is 1. The van der Waals surface area contributed by atoms with Gasteiger partial charge in [-0.2, -0.15) is 0 Å². The number of likely N-dealkylation sites (tertiary alicyclic amines) is 1. The molecular weight excluding hydrogens is 356 g/mol. The maximum atomic E-state index is 12.5. The number of imide groups is 1. The zero-order chi connectivity index (χ0) is 19.7. The fourth-order valence-corrected chi connectivity index (χ4v) is 4.47. The lowest BCUT2D eigenvalue weighted by Gasteiger charge is -2.19. The van der Waals surface area contributed by atoms with Crippen LogP contribution in [0, 0.1) is 11.8 Å². The highest BCUT2D eigenvalue weighted by Crippen LogP contribution is 2.38. The molecule has 3 amide bonds. The van der Waals surface area contributed by atoms with Crippen molar-refractivity contribution in [3.63, 3.8) is 0 Å². The number of carbonyl (C=O) groups is 3. The van der Waals surface area contributed by atoms with Gasteiger partial charge in [-0.3, -0.25) is 24.6 Å². The molecular formula is C21H26N4O3. The highest BCUT2D eigenvalue weighted by atomic mass is 16.2. The fraction of sp³-hybridized carbons (Fsp3) is 0.524. The van der Waals surface area contributed by atoms with Crippen LogP contribution in [0.1, 0.15) is 45.4 Å². The summed E-state index contributed by atoms with van der Waals surface area (Å²) in [6, 6.07) is 7.77. The summed E-state index contributed by atoms with van der Waals surface area (Å²) in [5.74, 6) is -0.249. The van der Waals surface area contributed by atoms with Crippen LogP contribution in [0.2, 0.25) is 0 Å². The Morgan fingerprint density at radius 1 is 1.11 bits per heavy atom. The number of carbonyl (C=O) groups excluding carboxylic acids is 3. The zero-order valence-electron chi connectivity index (χ0n) is 16.2. The molecule has 7 heteroatoms. The molecule has 7 nitrogen and oxygen atoms in total. The van der Waals surface area contributed by atoms with Crippen molar-refractivity contribution in [1.29, 1.82) is 0 Å². The normalized spacial score (nSPS) is 22.0. The Labute approximate surface area is 164 Å². The highest BCUT2D eigenvalue weighted by molar-refractivity contribution is 6.05. The third kappa shape index (κ3) is 3.30. The van der Waals surface area contributed by atoms with Gasteiger partial charge in [0, 0.05) is 19.5 Å². The monoisotopic (exact) mass is 382 g/mol. The van der Waals surface area contributed by atoms with E-state index in [0.29, 0.717) is 5.95 Å². The van der Waals surface area contributed by atoms with Crippen molar-refractivity contribution in [2.45, 2.75) is 52.0 Å². The maximum Gasteiger partial charge on any atom is 0.233 e. The van der Waals surface area contributed by atoms with Gasteiger partial charge in [-0.05, 0) is 31.4 Å². The van der Waals surface area contributed by atoms with Crippen LogP contribution in [0.25, 0.3) is 11.0 Å². The molecule has 1 saturated carbocycles. The number of imidazole rings is 1. The van der Waals surface area contributed by atoms with Crippen molar-refractivity contribution >= 4 is 34.7 Å². The summed E-state index contributed by atoms with van der Waals surface area (Å²) in [6.45, 7) is 2.97. The summed E-state index contributed by atoms with van der Waals surface area (Å²) in [5, 5.41) is 2.86. The van der Waals surface area contributed by atoms with Crippen LogP contribution in [-0.4, -0.2) is 38.7 Å². The predicted octanol–water partition coefficient (Wildman–Crippen LogP) is 2.95. The number of benzene rings is 1. The van der Waals surface area contributed by atoms with E-state index < -0.39 is 0 Å². The molecule has 1 aliphatic heterocycles. The lowest BCUT2D eigenvalue weighted by molar-refractivity contribution is -0.140. The molecule has 1 aromatic carbocycles. The van der Waals surface area contributed by atoms with Crippen LogP contribution in [0.3, 0.4) is 0 Å². The minimum atomic E-state index is -0.233. The Balaban J connectivity index is 1.42. The van der Waals surface area contributed by atoms with Crippen LogP contribution in [0.4, 0.5) is 5.95 Å². The number of nitrogens with zero attached hydrogens (tertiary/aromatic N) is 3. The average molecular weight is 382 g/mol. The predicted molar refractivity (Wildman–Crippen MR) is 105 cm³/mol. The van der Waals surface area contributed by atoms with E-state index in [1.807, 2.05) is 28.8 Å². The first kappa shape index (κ1) is 18.7. The molecule has 1 aromatic heterocycles. The molecule has 0 radical (unpaired) electrons. The van der Waals surface area contributed by atoms with E-state index in [4.69, 9.17) is 0 Å². The van der Waals surface area contributed by atoms with E-state index in [1.54, 1.807) is 0 Å². The van der Waals surface area contributed by atoms with Gasteiger partial charge < -0.3 is 4.57 Å². The first-order valence-corrected chi connectivity index (χ1v) is 10.2. The molecule has 2 fully saturated rings. The van der Waals surface area contributed by atoms with Gasteiger partial charge in [0.05, 0.1) is 22.9 Å². The van der Waals surface area contributed by atoms with Crippen LogP contribution in [0.15, 0.2) is 24.3 Å². The van der Waals surface area contributed by atoms with Gasteiger partial charge in [0.15, 0.2) is 0 Å². The molecule has 2 unspecified atom stereocenters. The van der Waals surface area contributed by atoms with Gasteiger partial charge >= 0.3 is 0 Å². The van der Waals surface area contributed by atoms with Gasteiger partial charge in [0.1, 0.15) is 0 Å². The standard InChI is InChI=1S/C21H26N4O3/c1-2-12-24-17-10-6-5-9-16(17)22-21(24)23-18(26)11-13-25-19(27)14-7-3-4-8-15(14)20(25)28/h5-6,9-10,14-15H,2-4,7-8,11-13H2,1H3,(H,22,23,26). The number of anilines is 1. The maximum absolute atomic E-state index is 12.5.